The summed E-state index contributed by atoms with van der Waals surface area (Å²) in [6.07, 6.45) is 2.03. The molecule has 6 rings (SSSR count). The third kappa shape index (κ3) is 6.09. The molecule has 0 spiro atoms. The van der Waals surface area contributed by atoms with E-state index in [9.17, 15) is 9.59 Å². The molecule has 0 atom stereocenters. The lowest BCUT2D eigenvalue weighted by Crippen LogP contribution is -2.48. The number of piperazine rings is 1. The molecule has 2 aliphatic rings. The molecule has 0 radical (unpaired) electrons. The molecule has 41 heavy (non-hydrogen) atoms. The number of aromatic nitrogens is 1. The van der Waals surface area contributed by atoms with Crippen molar-refractivity contribution < 1.29 is 14.3 Å². The van der Waals surface area contributed by atoms with E-state index in [0.717, 1.165) is 64.8 Å². The van der Waals surface area contributed by atoms with E-state index in [2.05, 4.69) is 15.2 Å². The van der Waals surface area contributed by atoms with E-state index >= 15 is 0 Å². The fourth-order valence-electron chi connectivity index (χ4n) is 5.56. The van der Waals surface area contributed by atoms with Crippen LogP contribution in [-0.4, -0.2) is 66.6 Å². The van der Waals surface area contributed by atoms with Crippen LogP contribution in [0.2, 0.25) is 0 Å². The number of carbonyl (C=O) groups is 2. The van der Waals surface area contributed by atoms with Crippen molar-refractivity contribution in [3.05, 3.63) is 96.1 Å². The third-order valence-corrected chi connectivity index (χ3v) is 7.91. The molecule has 0 bridgehead atoms. The van der Waals surface area contributed by atoms with Crippen molar-refractivity contribution in [1.29, 1.82) is 0 Å². The van der Waals surface area contributed by atoms with Gasteiger partial charge in [0.1, 0.15) is 0 Å². The van der Waals surface area contributed by atoms with E-state index in [-0.39, 0.29) is 0 Å². The number of methoxy groups -OCH3 is 1. The molecule has 0 unspecified atom stereocenters. The number of hydrazine groups is 1. The van der Waals surface area contributed by atoms with Crippen LogP contribution in [0.15, 0.2) is 84.9 Å². The second kappa shape index (κ2) is 12.1. The predicted molar refractivity (Wildman–Crippen MR) is 160 cm³/mol. The largest absolute Gasteiger partial charge is 0.451 e. The monoisotopic (exact) mass is 549 g/mol. The molecule has 2 fully saturated rings. The van der Waals surface area contributed by atoms with Gasteiger partial charge in [0.25, 0.3) is 5.91 Å². The van der Waals surface area contributed by atoms with Gasteiger partial charge in [0, 0.05) is 55.8 Å². The van der Waals surface area contributed by atoms with Crippen molar-refractivity contribution in [3.63, 3.8) is 0 Å². The quantitative estimate of drug-likeness (QED) is 0.313. The molecule has 2 amide bonds. The summed E-state index contributed by atoms with van der Waals surface area (Å²) in [6, 6.07) is 26.7. The number of fused-ring (bicyclic) bond motifs is 1. The second-order valence-corrected chi connectivity index (χ2v) is 10.8. The molecule has 210 valence electrons. The summed E-state index contributed by atoms with van der Waals surface area (Å²) in [5.74, 6) is 0.478. The van der Waals surface area contributed by atoms with E-state index < -0.39 is 12.0 Å². The topological polar surface area (TPSA) is 78.0 Å². The molecule has 1 aliphatic carbocycles. The maximum Gasteiger partial charge on any atom is 0.433 e. The Kier molecular flexibility index (Phi) is 7.93. The third-order valence-electron chi connectivity index (χ3n) is 7.91. The van der Waals surface area contributed by atoms with Crippen LogP contribution in [0, 0.1) is 5.92 Å². The van der Waals surface area contributed by atoms with Crippen LogP contribution >= 0.6 is 0 Å². The molecular weight excluding hydrogens is 514 g/mol. The van der Waals surface area contributed by atoms with E-state index in [4.69, 9.17) is 9.72 Å². The van der Waals surface area contributed by atoms with Gasteiger partial charge in [0.15, 0.2) is 0 Å². The number of hydrogen-bond acceptors (Lipinski definition) is 6. The van der Waals surface area contributed by atoms with E-state index in [0.29, 0.717) is 17.8 Å². The first-order valence-electron chi connectivity index (χ1n) is 14.3. The number of benzene rings is 3. The van der Waals surface area contributed by atoms with Gasteiger partial charge in [-0.2, -0.15) is 5.01 Å². The standard InChI is InChI=1S/C33H35N5O3/c1-41-33(40)38(26-12-6-3-7-13-26)35-32(39)30-27-14-8-9-15-29(27)34-31(25-10-4-2-5-11-25)28(30)23-37-20-18-36(19-21-37)22-24-16-17-24/h2-15,24H,16-23H2,1H3,(H,35,39). The van der Waals surface area contributed by atoms with Crippen LogP contribution in [-0.2, 0) is 11.3 Å². The number of nitrogens with one attached hydrogen (secondary N) is 1. The minimum Gasteiger partial charge on any atom is -0.451 e. The van der Waals surface area contributed by atoms with Crippen LogP contribution in [0.4, 0.5) is 10.5 Å². The Hall–Kier alpha value is -4.27. The number of rotatable bonds is 7. The molecule has 1 aromatic heterocycles. The zero-order chi connectivity index (χ0) is 28.2. The minimum absolute atomic E-state index is 0.391. The van der Waals surface area contributed by atoms with Crippen LogP contribution in [0.3, 0.4) is 0 Å². The molecule has 8 heteroatoms. The van der Waals surface area contributed by atoms with Crippen molar-refractivity contribution >= 4 is 28.6 Å². The van der Waals surface area contributed by atoms with Crippen molar-refractivity contribution in [3.8, 4) is 11.3 Å². The highest BCUT2D eigenvalue weighted by molar-refractivity contribution is 6.10. The van der Waals surface area contributed by atoms with Gasteiger partial charge in [-0.15, -0.1) is 0 Å². The van der Waals surface area contributed by atoms with Gasteiger partial charge in [0.05, 0.1) is 29.6 Å². The van der Waals surface area contributed by atoms with E-state index in [1.165, 1.54) is 26.5 Å². The zero-order valence-corrected chi connectivity index (χ0v) is 23.3. The Morgan fingerprint density at radius 3 is 2.20 bits per heavy atom. The molecule has 1 aliphatic heterocycles. The molecule has 3 aromatic carbocycles. The normalized spacial score (nSPS) is 15.9. The van der Waals surface area contributed by atoms with E-state index in [1.54, 1.807) is 24.3 Å². The number of ether oxygens (including phenoxy) is 1. The van der Waals surface area contributed by atoms with Gasteiger partial charge in [-0.1, -0.05) is 66.7 Å². The van der Waals surface area contributed by atoms with Crippen molar-refractivity contribution in [1.82, 2.24) is 20.2 Å². The average molecular weight is 550 g/mol. The first kappa shape index (κ1) is 26.9. The highest BCUT2D eigenvalue weighted by Crippen LogP contribution is 2.33. The lowest BCUT2D eigenvalue weighted by molar-refractivity contribution is 0.0937. The summed E-state index contributed by atoms with van der Waals surface area (Å²) >= 11 is 0. The van der Waals surface area contributed by atoms with Crippen LogP contribution in [0.5, 0.6) is 0 Å². The predicted octanol–water partition coefficient (Wildman–Crippen LogP) is 5.35. The lowest BCUT2D eigenvalue weighted by Gasteiger charge is -2.35. The Balaban J connectivity index is 1.41. The van der Waals surface area contributed by atoms with Gasteiger partial charge in [0.2, 0.25) is 0 Å². The van der Waals surface area contributed by atoms with Gasteiger partial charge < -0.3 is 9.64 Å². The smallest absolute Gasteiger partial charge is 0.433 e. The molecule has 8 nitrogen and oxygen atoms in total. The molecular formula is C33H35N5O3. The highest BCUT2D eigenvalue weighted by Gasteiger charge is 2.29. The maximum absolute atomic E-state index is 14.3. The van der Waals surface area contributed by atoms with Gasteiger partial charge >= 0.3 is 6.09 Å². The maximum atomic E-state index is 14.3. The fourth-order valence-corrected chi connectivity index (χ4v) is 5.56. The first-order chi connectivity index (χ1) is 20.1. The molecule has 1 saturated carbocycles. The summed E-state index contributed by atoms with van der Waals surface area (Å²) in [6.45, 7) is 5.65. The molecule has 1 saturated heterocycles. The Bertz CT molecular complexity index is 1520. The molecule has 4 aromatic rings. The number of pyridine rings is 1. The number of amides is 2. The number of para-hydroxylation sites is 2. The first-order valence-corrected chi connectivity index (χ1v) is 14.3. The summed E-state index contributed by atoms with van der Waals surface area (Å²) in [5.41, 5.74) is 7.16. The summed E-state index contributed by atoms with van der Waals surface area (Å²) < 4.78 is 5.02. The minimum atomic E-state index is -0.681. The zero-order valence-electron chi connectivity index (χ0n) is 23.3. The van der Waals surface area contributed by atoms with Crippen molar-refractivity contribution in [2.24, 2.45) is 5.92 Å². The number of anilines is 1. The summed E-state index contributed by atoms with van der Waals surface area (Å²) in [7, 11) is 1.30. The van der Waals surface area contributed by atoms with Gasteiger partial charge in [-0.25, -0.2) is 9.78 Å². The van der Waals surface area contributed by atoms with Gasteiger partial charge in [-0.05, 0) is 37.0 Å². The molecule has 1 N–H and O–H groups in total. The highest BCUT2D eigenvalue weighted by atomic mass is 16.5. The van der Waals surface area contributed by atoms with Crippen LogP contribution in [0.25, 0.3) is 22.2 Å². The Morgan fingerprint density at radius 2 is 1.51 bits per heavy atom. The summed E-state index contributed by atoms with van der Waals surface area (Å²) in [4.78, 5) is 37.1. The SMILES string of the molecule is COC(=O)N(NC(=O)c1c(CN2CCN(CC3CC3)CC2)c(-c2ccccc2)nc2ccccc12)c1ccccc1. The Labute approximate surface area is 240 Å². The van der Waals surface area contributed by atoms with Crippen LogP contribution < -0.4 is 10.4 Å². The van der Waals surface area contributed by atoms with Crippen LogP contribution in [0.1, 0.15) is 28.8 Å². The van der Waals surface area contributed by atoms with Crippen molar-refractivity contribution in [2.75, 3.05) is 44.8 Å². The Morgan fingerprint density at radius 1 is 0.878 bits per heavy atom. The fraction of sp³-hybridized carbons (Fsp3) is 0.303. The molecule has 2 heterocycles. The number of nitrogens with zero attached hydrogens (tertiary/aromatic N) is 4. The van der Waals surface area contributed by atoms with Crippen molar-refractivity contribution in [2.45, 2.75) is 19.4 Å². The average Bonchev–Trinajstić information content (AvgIpc) is 3.85. The number of carbonyl (C=O) groups excluding carboxylic acids is 2. The second-order valence-electron chi connectivity index (χ2n) is 10.8. The lowest BCUT2D eigenvalue weighted by atomic mass is 9.95. The number of hydrogen-bond donors (Lipinski definition) is 1. The summed E-state index contributed by atoms with van der Waals surface area (Å²) in [5, 5.41) is 1.89. The van der Waals surface area contributed by atoms with E-state index in [1.807, 2.05) is 60.7 Å². The van der Waals surface area contributed by atoms with Gasteiger partial charge in [-0.3, -0.25) is 15.1 Å².